The minimum absolute atomic E-state index is 0.332. The van der Waals surface area contributed by atoms with Gasteiger partial charge in [-0.05, 0) is 12.5 Å². The van der Waals surface area contributed by atoms with Gasteiger partial charge in [0.15, 0.2) is 0 Å². The molecule has 0 fully saturated rings. The van der Waals surface area contributed by atoms with Crippen LogP contribution in [0.5, 0.6) is 0 Å². The van der Waals surface area contributed by atoms with Crippen molar-refractivity contribution in [2.24, 2.45) is 0 Å². The Morgan fingerprint density at radius 1 is 1.45 bits per heavy atom. The van der Waals surface area contributed by atoms with Gasteiger partial charge >= 0.3 is 0 Å². The summed E-state index contributed by atoms with van der Waals surface area (Å²) in [6, 6.07) is 6.29. The fraction of sp³-hybridized carbons (Fsp3) is 0.333. The molecule has 0 saturated carbocycles. The van der Waals surface area contributed by atoms with E-state index < -0.39 is 6.10 Å². The average molecular weight is 154 g/mol. The molecule has 1 nitrogen and oxygen atoms in total. The molecule has 0 amide bonds. The molecule has 11 heavy (non-hydrogen) atoms. The summed E-state index contributed by atoms with van der Waals surface area (Å²) in [5.41, 5.74) is 0.384. The number of aliphatic hydroxyl groups is 1. The normalized spacial score (nSPS) is 13.0. The molecule has 0 aliphatic heterocycles. The third-order valence-electron chi connectivity index (χ3n) is 1.65. The minimum Gasteiger partial charge on any atom is -0.388 e. The van der Waals surface area contributed by atoms with Gasteiger partial charge < -0.3 is 5.11 Å². The highest BCUT2D eigenvalue weighted by Gasteiger charge is 2.08. The second-order valence-corrected chi connectivity index (χ2v) is 2.45. The van der Waals surface area contributed by atoms with Crippen LogP contribution in [0.2, 0.25) is 0 Å². The van der Waals surface area contributed by atoms with E-state index in [-0.39, 0.29) is 5.82 Å². The Hall–Kier alpha value is -0.890. The minimum atomic E-state index is -0.670. The first-order valence-electron chi connectivity index (χ1n) is 3.68. The first-order chi connectivity index (χ1) is 5.25. The van der Waals surface area contributed by atoms with Crippen LogP contribution in [0.4, 0.5) is 4.39 Å². The van der Waals surface area contributed by atoms with Gasteiger partial charge in [-0.2, -0.15) is 0 Å². The molecule has 0 heterocycles. The van der Waals surface area contributed by atoms with E-state index in [1.807, 2.05) is 6.92 Å². The predicted molar refractivity (Wildman–Crippen MR) is 41.7 cm³/mol. The van der Waals surface area contributed by atoms with Crippen LogP contribution >= 0.6 is 0 Å². The Labute approximate surface area is 65.5 Å². The molecule has 2 heteroatoms. The highest BCUT2D eigenvalue weighted by molar-refractivity contribution is 5.19. The molecule has 0 spiro atoms. The molecule has 60 valence electrons. The first kappa shape index (κ1) is 8.21. The van der Waals surface area contributed by atoms with Gasteiger partial charge in [0.2, 0.25) is 0 Å². The maximum atomic E-state index is 12.9. The first-order valence-corrected chi connectivity index (χ1v) is 3.68. The maximum Gasteiger partial charge on any atom is 0.128 e. The van der Waals surface area contributed by atoms with Gasteiger partial charge in [-0.25, -0.2) is 4.39 Å². The van der Waals surface area contributed by atoms with E-state index >= 15 is 0 Å². The van der Waals surface area contributed by atoms with Crippen LogP contribution in [0.1, 0.15) is 25.0 Å². The molecule has 1 aromatic carbocycles. The Balaban J connectivity index is 2.93. The summed E-state index contributed by atoms with van der Waals surface area (Å²) < 4.78 is 12.9. The Morgan fingerprint density at radius 2 is 2.09 bits per heavy atom. The van der Waals surface area contributed by atoms with Crippen molar-refractivity contribution < 1.29 is 9.50 Å². The molecule has 0 aliphatic rings. The monoisotopic (exact) mass is 154 g/mol. The second-order valence-electron chi connectivity index (χ2n) is 2.45. The van der Waals surface area contributed by atoms with Crippen molar-refractivity contribution in [3.63, 3.8) is 0 Å². The number of halogens is 1. The van der Waals surface area contributed by atoms with Crippen LogP contribution in [-0.4, -0.2) is 5.11 Å². The largest absolute Gasteiger partial charge is 0.388 e. The fourth-order valence-electron chi connectivity index (χ4n) is 0.965. The lowest BCUT2D eigenvalue weighted by atomic mass is 10.1. The zero-order chi connectivity index (χ0) is 8.27. The standard InChI is InChI=1S/C9H11FO/c1-2-9(11)7-5-3-4-6-8(7)10/h3-6,9,11H,2H2,1H3/t9-/m1/s1. The number of hydrogen-bond acceptors (Lipinski definition) is 1. The van der Waals surface area contributed by atoms with Crippen LogP contribution in [0.15, 0.2) is 24.3 Å². The van der Waals surface area contributed by atoms with Crippen LogP contribution in [0, 0.1) is 5.82 Å². The lowest BCUT2D eigenvalue weighted by Gasteiger charge is -2.07. The van der Waals surface area contributed by atoms with Crippen molar-refractivity contribution in [2.75, 3.05) is 0 Å². The van der Waals surface area contributed by atoms with Crippen molar-refractivity contribution in [3.05, 3.63) is 35.6 Å². The van der Waals surface area contributed by atoms with Gasteiger partial charge in [-0.1, -0.05) is 25.1 Å². The van der Waals surface area contributed by atoms with Crippen molar-refractivity contribution >= 4 is 0 Å². The molecule has 0 aliphatic carbocycles. The molecule has 1 rings (SSSR count). The van der Waals surface area contributed by atoms with Gasteiger partial charge in [0.25, 0.3) is 0 Å². The van der Waals surface area contributed by atoms with Crippen LogP contribution < -0.4 is 0 Å². The van der Waals surface area contributed by atoms with E-state index in [0.717, 1.165) is 0 Å². The van der Waals surface area contributed by atoms with Crippen molar-refractivity contribution in [2.45, 2.75) is 19.4 Å². The van der Waals surface area contributed by atoms with E-state index in [2.05, 4.69) is 0 Å². The topological polar surface area (TPSA) is 20.2 Å². The zero-order valence-corrected chi connectivity index (χ0v) is 6.42. The van der Waals surface area contributed by atoms with Gasteiger partial charge in [-0.3, -0.25) is 0 Å². The van der Waals surface area contributed by atoms with E-state index in [0.29, 0.717) is 12.0 Å². The highest BCUT2D eigenvalue weighted by Crippen LogP contribution is 2.18. The van der Waals surface area contributed by atoms with Crippen molar-refractivity contribution in [1.82, 2.24) is 0 Å². The third kappa shape index (κ3) is 1.77. The summed E-state index contributed by atoms with van der Waals surface area (Å²) in [6.45, 7) is 1.82. The molecule has 0 radical (unpaired) electrons. The molecule has 0 unspecified atom stereocenters. The van der Waals surface area contributed by atoms with Gasteiger partial charge in [-0.15, -0.1) is 0 Å². The Bertz CT molecular complexity index is 235. The average Bonchev–Trinajstić information content (AvgIpc) is 2.04. The zero-order valence-electron chi connectivity index (χ0n) is 6.42. The van der Waals surface area contributed by atoms with Gasteiger partial charge in [0, 0.05) is 5.56 Å². The van der Waals surface area contributed by atoms with Crippen molar-refractivity contribution in [1.29, 1.82) is 0 Å². The Kier molecular flexibility index (Phi) is 2.60. The number of benzene rings is 1. The molecule has 0 bridgehead atoms. The lowest BCUT2D eigenvalue weighted by Crippen LogP contribution is -1.97. The van der Waals surface area contributed by atoms with E-state index in [1.54, 1.807) is 18.2 Å². The molecule has 0 aromatic heterocycles. The molecule has 1 N–H and O–H groups in total. The summed E-state index contributed by atoms with van der Waals surface area (Å²) in [5, 5.41) is 9.27. The molecule has 1 aromatic rings. The molecular weight excluding hydrogens is 143 g/mol. The second kappa shape index (κ2) is 3.49. The number of rotatable bonds is 2. The van der Waals surface area contributed by atoms with Gasteiger partial charge in [0.1, 0.15) is 5.82 Å². The fourth-order valence-corrected chi connectivity index (χ4v) is 0.965. The van der Waals surface area contributed by atoms with E-state index in [1.165, 1.54) is 6.07 Å². The lowest BCUT2D eigenvalue weighted by molar-refractivity contribution is 0.169. The molecule has 1 atom stereocenters. The van der Waals surface area contributed by atoms with Gasteiger partial charge in [0.05, 0.1) is 6.10 Å². The maximum absolute atomic E-state index is 12.9. The summed E-state index contributed by atoms with van der Waals surface area (Å²) in [6.07, 6.45) is -0.128. The summed E-state index contributed by atoms with van der Waals surface area (Å²) >= 11 is 0. The smallest absolute Gasteiger partial charge is 0.128 e. The third-order valence-corrected chi connectivity index (χ3v) is 1.65. The number of hydrogen-bond donors (Lipinski definition) is 1. The molecular formula is C9H11FO. The number of aliphatic hydroxyl groups excluding tert-OH is 1. The SMILES string of the molecule is CC[C@@H](O)c1ccccc1F. The van der Waals surface area contributed by atoms with E-state index in [9.17, 15) is 9.50 Å². The summed E-state index contributed by atoms with van der Waals surface area (Å²) in [4.78, 5) is 0. The van der Waals surface area contributed by atoms with Crippen molar-refractivity contribution in [3.8, 4) is 0 Å². The molecule has 0 saturated heterocycles. The summed E-state index contributed by atoms with van der Waals surface area (Å²) in [5.74, 6) is -0.332. The highest BCUT2D eigenvalue weighted by atomic mass is 19.1. The van der Waals surface area contributed by atoms with Crippen LogP contribution in [0.25, 0.3) is 0 Å². The predicted octanol–water partition coefficient (Wildman–Crippen LogP) is 2.27. The summed E-state index contributed by atoms with van der Waals surface area (Å²) in [7, 11) is 0. The van der Waals surface area contributed by atoms with Crippen LogP contribution in [-0.2, 0) is 0 Å². The van der Waals surface area contributed by atoms with Crippen LogP contribution in [0.3, 0.4) is 0 Å². The quantitative estimate of drug-likeness (QED) is 0.692. The Morgan fingerprint density at radius 3 is 2.64 bits per heavy atom. The van der Waals surface area contributed by atoms with E-state index in [4.69, 9.17) is 0 Å².